The summed E-state index contributed by atoms with van der Waals surface area (Å²) in [5.74, 6) is 4.68. The molecule has 1 saturated heterocycles. The molecule has 0 spiro atoms. The third-order valence-corrected chi connectivity index (χ3v) is 3.26. The van der Waals surface area contributed by atoms with Crippen LogP contribution in [-0.2, 0) is 19.2 Å². The minimum atomic E-state index is -0.859. The molecule has 0 aliphatic carbocycles. The van der Waals surface area contributed by atoms with Crippen LogP contribution in [0.5, 0.6) is 0 Å². The van der Waals surface area contributed by atoms with Gasteiger partial charge in [-0.1, -0.05) is 0 Å². The van der Waals surface area contributed by atoms with Crippen LogP contribution in [0.4, 0.5) is 4.79 Å². The molecule has 8 heteroatoms. The fraction of sp³-hybridized carbons (Fsp3) is 0.625. The molecule has 0 aromatic heterocycles. The van der Waals surface area contributed by atoms with Gasteiger partial charge in [0, 0.05) is 38.8 Å². The second-order valence-electron chi connectivity index (χ2n) is 5.22. The van der Waals surface area contributed by atoms with Gasteiger partial charge in [0.05, 0.1) is 0 Å². The number of carbonyl (C=O) groups excluding carboxylic acids is 4. The van der Waals surface area contributed by atoms with Crippen LogP contribution in [0.25, 0.3) is 0 Å². The van der Waals surface area contributed by atoms with E-state index in [4.69, 9.17) is 0 Å². The molecule has 132 valence electrons. The molecule has 8 nitrogen and oxygen atoms in total. The highest BCUT2D eigenvalue weighted by Crippen LogP contribution is 2.11. The second-order valence-corrected chi connectivity index (χ2v) is 5.22. The number of imide groups is 1. The minimum absolute atomic E-state index is 0.0321. The van der Waals surface area contributed by atoms with Crippen molar-refractivity contribution < 1.29 is 24.0 Å². The van der Waals surface area contributed by atoms with E-state index in [9.17, 15) is 19.2 Å². The Balaban J connectivity index is 2.01. The van der Waals surface area contributed by atoms with Crippen LogP contribution in [0.3, 0.4) is 0 Å². The highest BCUT2D eigenvalue weighted by molar-refractivity contribution is 6.01. The van der Waals surface area contributed by atoms with Gasteiger partial charge in [0.1, 0.15) is 0 Å². The molecule has 1 rings (SSSR count). The van der Waals surface area contributed by atoms with Crippen molar-refractivity contribution in [3.05, 3.63) is 0 Å². The molecule has 0 unspecified atom stereocenters. The lowest BCUT2D eigenvalue weighted by atomic mass is 10.2. The van der Waals surface area contributed by atoms with Crippen LogP contribution in [-0.4, -0.2) is 42.0 Å². The first kappa shape index (κ1) is 19.5. The van der Waals surface area contributed by atoms with Crippen LogP contribution in [0.15, 0.2) is 0 Å². The molecule has 1 aliphatic heterocycles. The molecule has 0 bridgehead atoms. The molecule has 0 aromatic carbocycles. The zero-order valence-electron chi connectivity index (χ0n) is 13.9. The van der Waals surface area contributed by atoms with E-state index in [0.717, 1.165) is 19.3 Å². The molecule has 4 amide bonds. The number of carbonyl (C=O) groups is 4. The van der Waals surface area contributed by atoms with Gasteiger partial charge in [0.2, 0.25) is 5.91 Å². The Hall–Kier alpha value is -2.56. The second kappa shape index (κ2) is 11.0. The van der Waals surface area contributed by atoms with Crippen molar-refractivity contribution in [3.8, 4) is 11.8 Å². The van der Waals surface area contributed by atoms with Crippen LogP contribution in [0, 0.1) is 11.8 Å². The van der Waals surface area contributed by atoms with E-state index < -0.39 is 17.9 Å². The van der Waals surface area contributed by atoms with Crippen molar-refractivity contribution in [1.82, 2.24) is 15.7 Å². The minimum Gasteiger partial charge on any atom is -0.356 e. The van der Waals surface area contributed by atoms with Crippen LogP contribution in [0.2, 0.25) is 0 Å². The molecule has 0 radical (unpaired) electrons. The number of hydroxylamine groups is 2. The number of amides is 4. The van der Waals surface area contributed by atoms with Crippen LogP contribution in [0.1, 0.15) is 51.9 Å². The summed E-state index contributed by atoms with van der Waals surface area (Å²) in [6.45, 7) is 2.48. The van der Waals surface area contributed by atoms with Gasteiger partial charge in [-0.3, -0.25) is 14.4 Å². The molecule has 0 atom stereocenters. The first-order valence-electron chi connectivity index (χ1n) is 8.02. The van der Waals surface area contributed by atoms with Gasteiger partial charge in [-0.05, 0) is 26.2 Å². The molecule has 1 aliphatic rings. The summed E-state index contributed by atoms with van der Waals surface area (Å²) in [7, 11) is 0. The summed E-state index contributed by atoms with van der Waals surface area (Å²) < 4.78 is 0. The number of nitrogens with zero attached hydrogens (tertiary/aromatic N) is 1. The van der Waals surface area contributed by atoms with Crippen LogP contribution >= 0.6 is 0 Å². The van der Waals surface area contributed by atoms with Crippen molar-refractivity contribution in [3.63, 3.8) is 0 Å². The quantitative estimate of drug-likeness (QED) is 0.369. The molecule has 2 N–H and O–H groups in total. The molecule has 1 heterocycles. The smallest absolute Gasteiger partial charge is 0.356 e. The molecular weight excluding hydrogens is 314 g/mol. The van der Waals surface area contributed by atoms with E-state index >= 15 is 0 Å². The summed E-state index contributed by atoms with van der Waals surface area (Å²) in [6.07, 6.45) is 2.73. The molecule has 1 fully saturated rings. The highest BCUT2D eigenvalue weighted by Gasteiger charge is 2.32. The number of rotatable bonds is 9. The van der Waals surface area contributed by atoms with E-state index in [2.05, 4.69) is 27.3 Å². The Bertz CT molecular complexity index is 520. The van der Waals surface area contributed by atoms with Gasteiger partial charge in [-0.2, -0.15) is 0 Å². The normalized spacial score (nSPS) is 13.3. The van der Waals surface area contributed by atoms with Gasteiger partial charge in [-0.15, -0.1) is 16.9 Å². The standard InChI is InChI=1S/C16H23N3O5/c1-2-3-4-5-6-8-13(20)17-11-7-12-18-16(23)24-19-14(21)9-10-15(19)22/h4-12H2,1H3,(H,17,20)(H,18,23). The SMILES string of the molecule is CC#CCCCCC(=O)NCCCNC(=O)ON1C(=O)CCC1=O. The lowest BCUT2D eigenvalue weighted by molar-refractivity contribution is -0.171. The monoisotopic (exact) mass is 337 g/mol. The van der Waals surface area contributed by atoms with Crippen molar-refractivity contribution in [2.75, 3.05) is 13.1 Å². The van der Waals surface area contributed by atoms with Crippen molar-refractivity contribution in [2.45, 2.75) is 51.9 Å². The maximum Gasteiger partial charge on any atom is 0.432 e. The summed E-state index contributed by atoms with van der Waals surface area (Å²) in [5.41, 5.74) is 0. The van der Waals surface area contributed by atoms with Gasteiger partial charge in [-0.25, -0.2) is 4.79 Å². The van der Waals surface area contributed by atoms with Crippen LogP contribution < -0.4 is 10.6 Å². The third kappa shape index (κ3) is 7.63. The Morgan fingerprint density at radius 3 is 2.42 bits per heavy atom. The van der Waals surface area contributed by atoms with Crippen molar-refractivity contribution in [1.29, 1.82) is 0 Å². The summed E-state index contributed by atoms with van der Waals surface area (Å²) in [4.78, 5) is 50.1. The summed E-state index contributed by atoms with van der Waals surface area (Å²) in [5, 5.41) is 5.65. The topological polar surface area (TPSA) is 105 Å². The fourth-order valence-corrected chi connectivity index (χ4v) is 1.99. The van der Waals surface area contributed by atoms with Crippen molar-refractivity contribution >= 4 is 23.8 Å². The summed E-state index contributed by atoms with van der Waals surface area (Å²) in [6, 6.07) is 0. The fourth-order valence-electron chi connectivity index (χ4n) is 1.99. The average Bonchev–Trinajstić information content (AvgIpc) is 2.86. The largest absolute Gasteiger partial charge is 0.432 e. The Morgan fingerprint density at radius 1 is 1.08 bits per heavy atom. The number of hydrogen-bond donors (Lipinski definition) is 2. The first-order chi connectivity index (χ1) is 11.5. The number of nitrogens with one attached hydrogen (secondary N) is 2. The maximum atomic E-state index is 11.5. The lowest BCUT2D eigenvalue weighted by Gasteiger charge is -2.13. The average molecular weight is 337 g/mol. The van der Waals surface area contributed by atoms with E-state index in [1.54, 1.807) is 6.92 Å². The third-order valence-electron chi connectivity index (χ3n) is 3.26. The predicted molar refractivity (Wildman–Crippen MR) is 85.1 cm³/mol. The maximum absolute atomic E-state index is 11.5. The van der Waals surface area contributed by atoms with E-state index in [1.807, 2.05) is 0 Å². The molecule has 0 saturated carbocycles. The predicted octanol–water partition coefficient (Wildman–Crippen LogP) is 0.867. The van der Waals surface area contributed by atoms with Gasteiger partial charge < -0.3 is 15.5 Å². The van der Waals surface area contributed by atoms with E-state index in [-0.39, 0.29) is 25.3 Å². The van der Waals surface area contributed by atoms with E-state index in [1.165, 1.54) is 0 Å². The van der Waals surface area contributed by atoms with Crippen molar-refractivity contribution in [2.24, 2.45) is 0 Å². The van der Waals surface area contributed by atoms with Gasteiger partial charge in [0.25, 0.3) is 11.8 Å². The number of unbranched alkanes of at least 4 members (excludes halogenated alkanes) is 2. The Labute approximate surface area is 141 Å². The van der Waals surface area contributed by atoms with Gasteiger partial charge >= 0.3 is 6.09 Å². The molecular formula is C16H23N3O5. The Kier molecular flexibility index (Phi) is 8.97. The molecule has 24 heavy (non-hydrogen) atoms. The van der Waals surface area contributed by atoms with E-state index in [0.29, 0.717) is 24.4 Å². The Morgan fingerprint density at radius 2 is 1.75 bits per heavy atom. The highest BCUT2D eigenvalue weighted by atomic mass is 16.7. The molecule has 0 aromatic rings. The number of hydrogen-bond acceptors (Lipinski definition) is 5. The summed E-state index contributed by atoms with van der Waals surface area (Å²) >= 11 is 0. The zero-order chi connectivity index (χ0) is 17.8. The zero-order valence-corrected chi connectivity index (χ0v) is 13.9. The van der Waals surface area contributed by atoms with Gasteiger partial charge in [0.15, 0.2) is 0 Å². The first-order valence-corrected chi connectivity index (χ1v) is 8.02. The lowest BCUT2D eigenvalue weighted by Crippen LogP contribution is -2.38.